The van der Waals surface area contributed by atoms with Crippen molar-refractivity contribution in [3.63, 3.8) is 0 Å². The van der Waals surface area contributed by atoms with E-state index in [1.165, 1.54) is 5.56 Å². The Morgan fingerprint density at radius 1 is 1.00 bits per heavy atom. The zero-order valence-corrected chi connectivity index (χ0v) is 10.8. The number of azo groups is 1. The van der Waals surface area contributed by atoms with Gasteiger partial charge in [-0.3, -0.25) is 0 Å². The molecular weight excluding hydrogens is 226 g/mol. The summed E-state index contributed by atoms with van der Waals surface area (Å²) in [6.07, 6.45) is 0. The van der Waals surface area contributed by atoms with E-state index >= 15 is 0 Å². The van der Waals surface area contributed by atoms with Gasteiger partial charge in [0.05, 0.1) is 6.54 Å². The van der Waals surface area contributed by atoms with E-state index in [1.54, 1.807) is 0 Å². The number of benzene rings is 1. The zero-order valence-electron chi connectivity index (χ0n) is 10.8. The summed E-state index contributed by atoms with van der Waals surface area (Å²) in [5, 5.41) is 8.12. The van der Waals surface area contributed by atoms with Gasteiger partial charge in [0, 0.05) is 0 Å². The lowest BCUT2D eigenvalue weighted by molar-refractivity contribution is 0.869. The van der Waals surface area contributed by atoms with Crippen molar-refractivity contribution in [2.24, 2.45) is 10.2 Å². The molecule has 0 saturated carbocycles. The molecule has 0 amide bonds. The lowest BCUT2D eigenvalue weighted by atomic mass is 10.1. The minimum atomic E-state index is 0.368. The van der Waals surface area contributed by atoms with Crippen LogP contribution in [-0.4, -0.2) is 15.0 Å². The van der Waals surface area contributed by atoms with Gasteiger partial charge in [0.25, 0.3) is 5.95 Å². The molecule has 2 rings (SSSR count). The predicted molar refractivity (Wildman–Crippen MR) is 68.7 cm³/mol. The van der Waals surface area contributed by atoms with Crippen LogP contribution in [-0.2, 0) is 6.54 Å². The number of aryl methyl sites for hydroxylation is 3. The number of aromatic nitrogens is 3. The molecule has 2 aromatic rings. The molecule has 0 aliphatic rings. The van der Waals surface area contributed by atoms with Crippen molar-refractivity contribution in [3.05, 3.63) is 47.0 Å². The third kappa shape index (κ3) is 3.41. The summed E-state index contributed by atoms with van der Waals surface area (Å²) >= 11 is 0. The molecule has 0 N–H and O–H groups in total. The fourth-order valence-corrected chi connectivity index (χ4v) is 1.63. The van der Waals surface area contributed by atoms with E-state index in [0.29, 0.717) is 24.1 Å². The average molecular weight is 241 g/mol. The second-order valence-electron chi connectivity index (χ2n) is 4.12. The first-order valence-corrected chi connectivity index (χ1v) is 5.76. The fraction of sp³-hybridized carbons (Fsp3) is 0.308. The zero-order chi connectivity index (χ0) is 13.0. The predicted octanol–water partition coefficient (Wildman–Crippen LogP) is 3.08. The van der Waals surface area contributed by atoms with Crippen LogP contribution in [0.25, 0.3) is 0 Å². The third-order valence-electron chi connectivity index (χ3n) is 2.34. The van der Waals surface area contributed by atoms with Crippen LogP contribution < -0.4 is 0 Å². The van der Waals surface area contributed by atoms with Crippen LogP contribution in [0, 0.1) is 20.8 Å². The number of hydrogen-bond donors (Lipinski definition) is 0. The summed E-state index contributed by atoms with van der Waals surface area (Å²) in [5.41, 5.74) is 2.34. The van der Waals surface area contributed by atoms with Crippen molar-refractivity contribution in [2.75, 3.05) is 0 Å². The second kappa shape index (κ2) is 5.44. The van der Waals surface area contributed by atoms with Crippen LogP contribution in [0.3, 0.4) is 0 Å². The Morgan fingerprint density at radius 3 is 2.39 bits per heavy atom. The van der Waals surface area contributed by atoms with Gasteiger partial charge in [-0.15, -0.1) is 5.11 Å². The molecule has 0 spiro atoms. The first kappa shape index (κ1) is 12.3. The van der Waals surface area contributed by atoms with E-state index in [4.69, 9.17) is 0 Å². The van der Waals surface area contributed by atoms with E-state index < -0.39 is 0 Å². The highest BCUT2D eigenvalue weighted by Gasteiger charge is 1.98. The largest absolute Gasteiger partial charge is 0.271 e. The van der Waals surface area contributed by atoms with Gasteiger partial charge in [-0.05, 0) is 26.3 Å². The van der Waals surface area contributed by atoms with Crippen molar-refractivity contribution in [3.8, 4) is 0 Å². The maximum Gasteiger partial charge on any atom is 0.271 e. The van der Waals surface area contributed by atoms with Crippen molar-refractivity contribution in [2.45, 2.75) is 27.3 Å². The molecule has 0 radical (unpaired) electrons. The second-order valence-corrected chi connectivity index (χ2v) is 4.12. The molecule has 0 aliphatic heterocycles. The highest BCUT2D eigenvalue weighted by atomic mass is 15.2. The number of hydrogen-bond acceptors (Lipinski definition) is 5. The molecule has 0 saturated heterocycles. The molecule has 1 aromatic carbocycles. The Kier molecular flexibility index (Phi) is 3.72. The van der Waals surface area contributed by atoms with Gasteiger partial charge in [0.1, 0.15) is 11.6 Å². The maximum atomic E-state index is 4.11. The minimum Gasteiger partial charge on any atom is -0.218 e. The highest BCUT2D eigenvalue weighted by Crippen LogP contribution is 2.08. The van der Waals surface area contributed by atoms with Crippen LogP contribution in [0.5, 0.6) is 0 Å². The maximum absolute atomic E-state index is 4.11. The molecule has 0 unspecified atom stereocenters. The lowest BCUT2D eigenvalue weighted by Crippen LogP contribution is -1.94. The van der Waals surface area contributed by atoms with Crippen LogP contribution in [0.2, 0.25) is 0 Å². The summed E-state index contributed by atoms with van der Waals surface area (Å²) in [6, 6.07) is 8.18. The molecule has 1 aromatic heterocycles. The lowest BCUT2D eigenvalue weighted by Gasteiger charge is -1.98. The molecule has 0 atom stereocenters. The topological polar surface area (TPSA) is 63.4 Å². The Hall–Kier alpha value is -2.17. The van der Waals surface area contributed by atoms with Crippen molar-refractivity contribution >= 4 is 5.95 Å². The number of nitrogens with zero attached hydrogens (tertiary/aromatic N) is 5. The van der Waals surface area contributed by atoms with E-state index in [2.05, 4.69) is 44.2 Å². The molecular formula is C13H15N5. The quantitative estimate of drug-likeness (QED) is 0.776. The number of rotatable bonds is 3. The Bertz CT molecular complexity index is 557. The molecule has 18 heavy (non-hydrogen) atoms. The first-order valence-electron chi connectivity index (χ1n) is 5.76. The fourth-order valence-electron chi connectivity index (χ4n) is 1.63. The monoisotopic (exact) mass is 241 g/mol. The Balaban J connectivity index is 2.07. The normalized spacial score (nSPS) is 11.1. The molecule has 0 bridgehead atoms. The van der Waals surface area contributed by atoms with Crippen molar-refractivity contribution in [1.82, 2.24) is 15.0 Å². The van der Waals surface area contributed by atoms with Crippen molar-refractivity contribution in [1.29, 1.82) is 0 Å². The Labute approximate surface area is 106 Å². The summed E-state index contributed by atoms with van der Waals surface area (Å²) in [6.45, 7) is 6.22. The average Bonchev–Trinajstić information content (AvgIpc) is 2.27. The molecule has 5 nitrogen and oxygen atoms in total. The van der Waals surface area contributed by atoms with Gasteiger partial charge in [-0.1, -0.05) is 29.8 Å². The van der Waals surface area contributed by atoms with Gasteiger partial charge in [0.2, 0.25) is 0 Å². The Morgan fingerprint density at radius 2 is 1.72 bits per heavy atom. The summed E-state index contributed by atoms with van der Waals surface area (Å²) in [7, 11) is 0. The molecule has 0 aliphatic carbocycles. The van der Waals surface area contributed by atoms with E-state index in [-0.39, 0.29) is 0 Å². The van der Waals surface area contributed by atoms with E-state index in [9.17, 15) is 0 Å². The standard InChI is InChI=1S/C13H15N5/c1-9-5-4-6-12(7-9)8-14-18-13-16-10(2)15-11(3)17-13/h4-7H,8H2,1-3H3. The van der Waals surface area contributed by atoms with Gasteiger partial charge < -0.3 is 0 Å². The summed E-state index contributed by atoms with van der Waals surface area (Å²) < 4.78 is 0. The smallest absolute Gasteiger partial charge is 0.218 e. The molecule has 1 heterocycles. The van der Waals surface area contributed by atoms with Crippen LogP contribution in [0.15, 0.2) is 34.5 Å². The van der Waals surface area contributed by atoms with Gasteiger partial charge in [-0.2, -0.15) is 15.1 Å². The van der Waals surface area contributed by atoms with E-state index in [0.717, 1.165) is 5.56 Å². The van der Waals surface area contributed by atoms with Gasteiger partial charge in [0.15, 0.2) is 0 Å². The highest BCUT2D eigenvalue weighted by molar-refractivity contribution is 5.22. The van der Waals surface area contributed by atoms with Crippen LogP contribution in [0.1, 0.15) is 22.8 Å². The SMILES string of the molecule is Cc1cccc(CN=Nc2nc(C)nc(C)n2)c1. The molecule has 0 fully saturated rings. The molecule has 5 heteroatoms. The van der Waals surface area contributed by atoms with Crippen molar-refractivity contribution < 1.29 is 0 Å². The van der Waals surface area contributed by atoms with E-state index in [1.807, 2.05) is 26.0 Å². The van der Waals surface area contributed by atoms with Crippen LogP contribution >= 0.6 is 0 Å². The summed E-state index contributed by atoms with van der Waals surface area (Å²) in [4.78, 5) is 12.3. The molecule has 92 valence electrons. The minimum absolute atomic E-state index is 0.368. The summed E-state index contributed by atoms with van der Waals surface area (Å²) in [5.74, 6) is 1.69. The van der Waals surface area contributed by atoms with Crippen LogP contribution in [0.4, 0.5) is 5.95 Å². The van der Waals surface area contributed by atoms with Gasteiger partial charge >= 0.3 is 0 Å². The first-order chi connectivity index (χ1) is 8.63. The van der Waals surface area contributed by atoms with Gasteiger partial charge in [-0.25, -0.2) is 4.98 Å². The third-order valence-corrected chi connectivity index (χ3v) is 2.34.